The van der Waals surface area contributed by atoms with Gasteiger partial charge in [0.05, 0.1) is 17.3 Å². The van der Waals surface area contributed by atoms with Gasteiger partial charge >= 0.3 is 0 Å². The number of hydrogen-bond donors (Lipinski definition) is 2. The van der Waals surface area contributed by atoms with Crippen LogP contribution in [0.2, 0.25) is 0 Å². The van der Waals surface area contributed by atoms with Crippen LogP contribution < -0.4 is 10.1 Å². The highest BCUT2D eigenvalue weighted by molar-refractivity contribution is 7.91. The zero-order valence-corrected chi connectivity index (χ0v) is 26.1. The molecule has 4 aromatic rings. The van der Waals surface area contributed by atoms with E-state index in [0.29, 0.717) is 42.9 Å². The summed E-state index contributed by atoms with van der Waals surface area (Å²) in [6.45, 7) is 2.79. The molecule has 1 heterocycles. The van der Waals surface area contributed by atoms with Gasteiger partial charge in [0.15, 0.2) is 21.5 Å². The van der Waals surface area contributed by atoms with E-state index >= 15 is 0 Å². The number of rotatable bonds is 14. The highest BCUT2D eigenvalue weighted by atomic mass is 32.2. The Morgan fingerprint density at radius 2 is 1.60 bits per heavy atom. The summed E-state index contributed by atoms with van der Waals surface area (Å²) in [5.41, 5.74) is 2.02. The predicted molar refractivity (Wildman–Crippen MR) is 174 cm³/mol. The first-order valence-electron chi connectivity index (χ1n) is 15.1. The Bertz CT molecular complexity index is 1690. The minimum Gasteiger partial charge on any atom is -0.494 e. The van der Waals surface area contributed by atoms with Crippen molar-refractivity contribution in [2.45, 2.75) is 42.7 Å². The molecule has 0 bridgehead atoms. The third-order valence-corrected chi connectivity index (χ3v) is 9.54. The number of carbonyl (C=O) groups is 1. The summed E-state index contributed by atoms with van der Waals surface area (Å²) in [6.07, 6.45) is 0.172. The van der Waals surface area contributed by atoms with E-state index in [-0.39, 0.29) is 29.6 Å². The third-order valence-electron chi connectivity index (χ3n) is 7.81. The average molecular weight is 627 g/mol. The fourth-order valence-electron chi connectivity index (χ4n) is 5.26. The van der Waals surface area contributed by atoms with Crippen LogP contribution in [-0.2, 0) is 25.8 Å². The lowest BCUT2D eigenvalue weighted by Crippen LogP contribution is -2.49. The normalized spacial score (nSPS) is 17.7. The molecule has 1 aliphatic rings. The lowest BCUT2D eigenvalue weighted by molar-refractivity contribution is -0.129. The van der Waals surface area contributed by atoms with Gasteiger partial charge in [0.1, 0.15) is 5.75 Å². The molecule has 8 nitrogen and oxygen atoms in total. The number of nitrogens with zero attached hydrogens (tertiary/aromatic N) is 1. The van der Waals surface area contributed by atoms with E-state index in [2.05, 4.69) is 5.32 Å². The van der Waals surface area contributed by atoms with Crippen molar-refractivity contribution >= 4 is 21.6 Å². The Kier molecular flexibility index (Phi) is 10.3. The topological polar surface area (TPSA) is 114 Å². The molecule has 0 saturated heterocycles. The van der Waals surface area contributed by atoms with Gasteiger partial charge in [0.25, 0.3) is 5.91 Å². The van der Waals surface area contributed by atoms with E-state index in [1.807, 2.05) is 61.5 Å². The molecule has 0 radical (unpaired) electrons. The van der Waals surface area contributed by atoms with Crippen LogP contribution in [0.25, 0.3) is 0 Å². The van der Waals surface area contributed by atoms with Gasteiger partial charge in [-0.05, 0) is 60.9 Å². The second-order valence-electron chi connectivity index (χ2n) is 11.1. The molecule has 0 spiro atoms. The van der Waals surface area contributed by atoms with Gasteiger partial charge in [-0.1, -0.05) is 78.4 Å². The Balaban J connectivity index is 1.49. The summed E-state index contributed by atoms with van der Waals surface area (Å²) < 4.78 is 39.1. The highest BCUT2D eigenvalue weighted by Crippen LogP contribution is 2.43. The highest BCUT2D eigenvalue weighted by Gasteiger charge is 2.53. The molecule has 2 atom stereocenters. The minimum absolute atomic E-state index is 0.0404. The first-order chi connectivity index (χ1) is 21.8. The molecule has 9 heteroatoms. The monoisotopic (exact) mass is 626 g/mol. The maximum Gasteiger partial charge on any atom is 0.252 e. The molecule has 45 heavy (non-hydrogen) atoms. The third kappa shape index (κ3) is 7.79. The second kappa shape index (κ2) is 14.5. The molecule has 0 saturated carbocycles. The van der Waals surface area contributed by atoms with E-state index in [9.17, 15) is 13.2 Å². The maximum atomic E-state index is 14.3. The smallest absolute Gasteiger partial charge is 0.252 e. The maximum absolute atomic E-state index is 14.3. The lowest BCUT2D eigenvalue weighted by Gasteiger charge is -2.30. The summed E-state index contributed by atoms with van der Waals surface area (Å²) in [7, 11) is -3.73. The number of benzene rings is 4. The van der Waals surface area contributed by atoms with Crippen LogP contribution in [-0.4, -0.2) is 56.4 Å². The molecule has 0 unspecified atom stereocenters. The minimum atomic E-state index is -3.73. The number of amides is 1. The number of aliphatic hydroxyl groups is 1. The molecule has 0 aliphatic carbocycles. The number of aliphatic hydroxyl groups excluding tert-OH is 1. The first-order valence-corrected chi connectivity index (χ1v) is 16.7. The fourth-order valence-corrected chi connectivity index (χ4v) is 6.65. The van der Waals surface area contributed by atoms with Crippen molar-refractivity contribution in [3.8, 4) is 5.75 Å². The lowest BCUT2D eigenvalue weighted by atomic mass is 9.85. The number of nitrogens with one attached hydrogen (secondary N) is 1. The summed E-state index contributed by atoms with van der Waals surface area (Å²) in [5, 5.41) is 12.1. The van der Waals surface area contributed by atoms with Crippen molar-refractivity contribution in [1.29, 1.82) is 0 Å². The van der Waals surface area contributed by atoms with Crippen LogP contribution in [0, 0.1) is 6.92 Å². The van der Waals surface area contributed by atoms with Crippen molar-refractivity contribution in [2.75, 3.05) is 25.5 Å². The van der Waals surface area contributed by atoms with Gasteiger partial charge in [0, 0.05) is 31.6 Å². The van der Waals surface area contributed by atoms with E-state index in [0.717, 1.165) is 11.1 Å². The molecular formula is C36H38N2O6S. The molecule has 2 N–H and O–H groups in total. The molecule has 0 fully saturated rings. The average Bonchev–Trinajstić information content (AvgIpc) is 3.47. The quantitative estimate of drug-likeness (QED) is 0.185. The van der Waals surface area contributed by atoms with Crippen molar-refractivity contribution in [1.82, 2.24) is 5.32 Å². The van der Waals surface area contributed by atoms with Crippen LogP contribution in [0.1, 0.15) is 41.2 Å². The van der Waals surface area contributed by atoms with Crippen molar-refractivity contribution in [3.05, 3.63) is 131 Å². The van der Waals surface area contributed by atoms with Crippen LogP contribution >= 0.6 is 0 Å². The number of aryl methyl sites for hydroxylation is 1. The summed E-state index contributed by atoms with van der Waals surface area (Å²) in [4.78, 5) is 19.4. The molecule has 0 aromatic heterocycles. The molecule has 1 amide bonds. The second-order valence-corrected chi connectivity index (χ2v) is 13.2. The summed E-state index contributed by atoms with van der Waals surface area (Å²) in [5.74, 6) is 0.172. The van der Waals surface area contributed by atoms with Crippen LogP contribution in [0.4, 0.5) is 0 Å². The van der Waals surface area contributed by atoms with Gasteiger partial charge < -0.3 is 19.9 Å². The van der Waals surface area contributed by atoms with E-state index in [1.54, 1.807) is 54.6 Å². The van der Waals surface area contributed by atoms with Gasteiger partial charge in [-0.25, -0.2) is 13.4 Å². The molecule has 1 aliphatic heterocycles. The number of aliphatic imine (C=N–C) groups is 1. The zero-order chi connectivity index (χ0) is 31.7. The van der Waals surface area contributed by atoms with Crippen LogP contribution in [0.5, 0.6) is 5.75 Å². The number of carbonyl (C=O) groups excluding carboxylic acids is 1. The number of ether oxygens (including phenoxy) is 2. The van der Waals surface area contributed by atoms with Crippen molar-refractivity contribution in [3.63, 3.8) is 0 Å². The molecule has 234 valence electrons. The predicted octanol–water partition coefficient (Wildman–Crippen LogP) is 5.24. The summed E-state index contributed by atoms with van der Waals surface area (Å²) >= 11 is 0. The Morgan fingerprint density at radius 1 is 0.933 bits per heavy atom. The Morgan fingerprint density at radius 3 is 2.27 bits per heavy atom. The Hall–Kier alpha value is -4.47. The van der Waals surface area contributed by atoms with Crippen LogP contribution in [0.3, 0.4) is 0 Å². The van der Waals surface area contributed by atoms with E-state index in [4.69, 9.17) is 19.6 Å². The van der Waals surface area contributed by atoms with E-state index in [1.165, 1.54) is 0 Å². The largest absolute Gasteiger partial charge is 0.494 e. The van der Waals surface area contributed by atoms with E-state index < -0.39 is 27.4 Å². The SMILES string of the molecule is Cc1ccc(CCNC(=O)[C@]2(CCS(=O)(=O)c3ccccc3)N=C(c3ccc(OCCCO)cc3)O[C@@H]2c2ccccc2)cc1. The fraction of sp³-hybridized carbons (Fsp3) is 0.278. The standard InChI is InChI=1S/C36H38N2O6S/c1-27-13-15-28(16-14-27)21-23-37-35(40)36(22-26-45(41,42)32-11-6-3-7-12-32)33(29-9-4-2-5-10-29)44-34(38-36)30-17-19-31(20-18-30)43-25-8-24-39/h2-7,9-20,33,39H,8,21-26H2,1H3,(H,37,40)/t33-,36-/m1/s1. The first kappa shape index (κ1) is 31.9. The number of hydrogen-bond acceptors (Lipinski definition) is 7. The Labute approximate surface area is 264 Å². The van der Waals surface area contributed by atoms with Crippen molar-refractivity contribution in [2.24, 2.45) is 4.99 Å². The van der Waals surface area contributed by atoms with Gasteiger partial charge in [-0.2, -0.15) is 0 Å². The zero-order valence-electron chi connectivity index (χ0n) is 25.3. The molecule has 4 aromatic carbocycles. The van der Waals surface area contributed by atoms with Crippen molar-refractivity contribution < 1.29 is 27.8 Å². The summed E-state index contributed by atoms with van der Waals surface area (Å²) in [6, 6.07) is 32.8. The number of sulfone groups is 1. The van der Waals surface area contributed by atoms with Crippen LogP contribution in [0.15, 0.2) is 119 Å². The van der Waals surface area contributed by atoms with Gasteiger partial charge in [-0.3, -0.25) is 4.79 Å². The van der Waals surface area contributed by atoms with Gasteiger partial charge in [-0.15, -0.1) is 0 Å². The molecule has 5 rings (SSSR count). The van der Waals surface area contributed by atoms with Gasteiger partial charge in [0.2, 0.25) is 5.90 Å². The molecular weight excluding hydrogens is 588 g/mol.